The van der Waals surface area contributed by atoms with Gasteiger partial charge in [-0.1, -0.05) is 95.2 Å². The third-order valence-corrected chi connectivity index (χ3v) is 3.40. The van der Waals surface area contributed by atoms with Gasteiger partial charge in [-0.2, -0.15) is 0 Å². The average Bonchev–Trinajstić information content (AvgIpc) is 2.47. The van der Waals surface area contributed by atoms with Crippen LogP contribution in [0.2, 0.25) is 0 Å². The fraction of sp³-hybridized carbons (Fsp3) is 0.650. The predicted octanol–water partition coefficient (Wildman–Crippen LogP) is 7.19. The molecule has 0 aromatic heterocycles. The number of allylic oxidation sites excluding steroid dienone is 6. The molecule has 0 aromatic carbocycles. The predicted molar refractivity (Wildman–Crippen MR) is 93.9 cm³/mol. The molecule has 0 spiro atoms. The van der Waals surface area contributed by atoms with Crippen LogP contribution in [0, 0.1) is 6.92 Å². The smallest absolute Gasteiger partial charge is 0.0169 e. The van der Waals surface area contributed by atoms with Crippen LogP contribution in [0.5, 0.6) is 0 Å². The van der Waals surface area contributed by atoms with Crippen molar-refractivity contribution in [3.8, 4) is 0 Å². The molecule has 0 amide bonds. The molecule has 0 aromatic rings. The Hall–Kier alpha value is -0.780. The first kappa shape index (κ1) is 19.2. The molecule has 0 atom stereocenters. The van der Waals surface area contributed by atoms with Crippen molar-refractivity contribution in [1.29, 1.82) is 0 Å². The Bertz CT molecular complexity index is 245. The summed E-state index contributed by atoms with van der Waals surface area (Å²) in [6.07, 6.45) is 29.0. The topological polar surface area (TPSA) is 0 Å². The zero-order valence-corrected chi connectivity index (χ0v) is 13.7. The van der Waals surface area contributed by atoms with Crippen LogP contribution in [-0.4, -0.2) is 0 Å². The number of rotatable bonds is 14. The standard InChI is InChI=1S/C20H35/c1-3-5-7-9-11-13-15-17-19-20-18-16-14-12-10-8-6-4-2/h6,8,12,14,18,20H,1,3-5,7,9-11,13,15-17,19H2,2H3/b8-6?,14-12?,20-18-. The van der Waals surface area contributed by atoms with Crippen molar-refractivity contribution >= 4 is 0 Å². The van der Waals surface area contributed by atoms with Crippen LogP contribution in [0.25, 0.3) is 0 Å². The Morgan fingerprint density at radius 2 is 1.10 bits per heavy atom. The summed E-state index contributed by atoms with van der Waals surface area (Å²) in [5.74, 6) is 0. The van der Waals surface area contributed by atoms with E-state index in [1.54, 1.807) is 0 Å². The first-order chi connectivity index (χ1) is 9.91. The number of unbranched alkanes of at least 4 members (excludes halogenated alkanes) is 8. The molecule has 20 heavy (non-hydrogen) atoms. The molecule has 0 N–H and O–H groups in total. The minimum atomic E-state index is 1.08. The van der Waals surface area contributed by atoms with Gasteiger partial charge < -0.3 is 0 Å². The molecule has 0 nitrogen and oxygen atoms in total. The molecule has 115 valence electrons. The first-order valence-corrected chi connectivity index (χ1v) is 8.66. The van der Waals surface area contributed by atoms with Gasteiger partial charge in [0.05, 0.1) is 0 Å². The van der Waals surface area contributed by atoms with E-state index in [1.165, 1.54) is 51.4 Å². The van der Waals surface area contributed by atoms with Crippen LogP contribution in [0.4, 0.5) is 0 Å². The average molecular weight is 276 g/mol. The van der Waals surface area contributed by atoms with Gasteiger partial charge in [0.2, 0.25) is 0 Å². The molecule has 0 aliphatic heterocycles. The van der Waals surface area contributed by atoms with Crippen molar-refractivity contribution in [2.45, 2.75) is 84.0 Å². The Morgan fingerprint density at radius 1 is 0.600 bits per heavy atom. The highest BCUT2D eigenvalue weighted by atomic mass is 14.0. The van der Waals surface area contributed by atoms with Crippen molar-refractivity contribution in [2.24, 2.45) is 0 Å². The molecule has 1 radical (unpaired) electrons. The molecule has 0 aliphatic carbocycles. The largest absolute Gasteiger partial charge is 0.0885 e. The van der Waals surface area contributed by atoms with Crippen molar-refractivity contribution in [1.82, 2.24) is 0 Å². The summed E-state index contributed by atoms with van der Waals surface area (Å²) in [6, 6.07) is 0. The van der Waals surface area contributed by atoms with Crippen LogP contribution in [-0.2, 0) is 0 Å². The summed E-state index contributed by atoms with van der Waals surface area (Å²) >= 11 is 0. The molecule has 0 unspecified atom stereocenters. The zero-order valence-electron chi connectivity index (χ0n) is 13.7. The van der Waals surface area contributed by atoms with Gasteiger partial charge in [-0.15, -0.1) is 0 Å². The van der Waals surface area contributed by atoms with E-state index in [2.05, 4.69) is 50.3 Å². The summed E-state index contributed by atoms with van der Waals surface area (Å²) < 4.78 is 0. The van der Waals surface area contributed by atoms with Crippen molar-refractivity contribution < 1.29 is 0 Å². The lowest BCUT2D eigenvalue weighted by atomic mass is 10.1. The molecule has 0 saturated carbocycles. The minimum absolute atomic E-state index is 1.08. The van der Waals surface area contributed by atoms with E-state index in [-0.39, 0.29) is 0 Å². The van der Waals surface area contributed by atoms with E-state index in [0.29, 0.717) is 0 Å². The van der Waals surface area contributed by atoms with Crippen LogP contribution in [0.15, 0.2) is 36.5 Å². The third-order valence-electron chi connectivity index (χ3n) is 3.40. The number of hydrogen-bond acceptors (Lipinski definition) is 0. The highest BCUT2D eigenvalue weighted by Gasteiger charge is 1.90. The second-order valence-corrected chi connectivity index (χ2v) is 5.41. The Kier molecular flexibility index (Phi) is 17.5. The lowest BCUT2D eigenvalue weighted by Crippen LogP contribution is -1.79. The maximum atomic E-state index is 3.88. The van der Waals surface area contributed by atoms with E-state index in [0.717, 1.165) is 25.7 Å². The Labute approximate surface area is 128 Å². The summed E-state index contributed by atoms with van der Waals surface area (Å²) in [4.78, 5) is 0. The van der Waals surface area contributed by atoms with Gasteiger partial charge in [-0.05, 0) is 32.1 Å². The molecule has 0 fully saturated rings. The second kappa shape index (κ2) is 18.2. The minimum Gasteiger partial charge on any atom is -0.0885 e. The summed E-state index contributed by atoms with van der Waals surface area (Å²) in [7, 11) is 0. The van der Waals surface area contributed by atoms with Crippen molar-refractivity contribution in [3.63, 3.8) is 0 Å². The normalized spacial score (nSPS) is 12.3. The second-order valence-electron chi connectivity index (χ2n) is 5.41. The highest BCUT2D eigenvalue weighted by molar-refractivity contribution is 4.96. The van der Waals surface area contributed by atoms with Crippen LogP contribution in [0.1, 0.15) is 84.0 Å². The van der Waals surface area contributed by atoms with Gasteiger partial charge in [0, 0.05) is 0 Å². The summed E-state index contributed by atoms with van der Waals surface area (Å²) in [5.41, 5.74) is 0. The van der Waals surface area contributed by atoms with Crippen LogP contribution in [0.3, 0.4) is 0 Å². The Balaban J connectivity index is 3.17. The van der Waals surface area contributed by atoms with Gasteiger partial charge in [0.15, 0.2) is 0 Å². The SMILES string of the molecule is [CH2]CCCCCCCCC/C=C\CC=CCC=CCC. The zero-order chi connectivity index (χ0) is 14.7. The lowest BCUT2D eigenvalue weighted by Gasteiger charge is -1.99. The van der Waals surface area contributed by atoms with Gasteiger partial charge in [0.25, 0.3) is 0 Å². The fourth-order valence-corrected chi connectivity index (χ4v) is 2.15. The molecule has 0 bridgehead atoms. The van der Waals surface area contributed by atoms with E-state index >= 15 is 0 Å². The quantitative estimate of drug-likeness (QED) is 0.232. The molecule has 0 rings (SSSR count). The van der Waals surface area contributed by atoms with Crippen LogP contribution >= 0.6 is 0 Å². The third kappa shape index (κ3) is 17.2. The van der Waals surface area contributed by atoms with E-state index in [4.69, 9.17) is 0 Å². The van der Waals surface area contributed by atoms with Gasteiger partial charge >= 0.3 is 0 Å². The summed E-state index contributed by atoms with van der Waals surface area (Å²) in [6.45, 7) is 6.05. The monoisotopic (exact) mass is 275 g/mol. The molecule has 0 aliphatic rings. The molecular weight excluding hydrogens is 240 g/mol. The van der Waals surface area contributed by atoms with Gasteiger partial charge in [-0.25, -0.2) is 0 Å². The van der Waals surface area contributed by atoms with Gasteiger partial charge in [-0.3, -0.25) is 0 Å². The lowest BCUT2D eigenvalue weighted by molar-refractivity contribution is 0.583. The molecule has 0 saturated heterocycles. The van der Waals surface area contributed by atoms with E-state index in [9.17, 15) is 0 Å². The Morgan fingerprint density at radius 3 is 1.70 bits per heavy atom. The molecular formula is C20H35. The summed E-state index contributed by atoms with van der Waals surface area (Å²) in [5, 5.41) is 0. The van der Waals surface area contributed by atoms with Gasteiger partial charge in [0.1, 0.15) is 0 Å². The van der Waals surface area contributed by atoms with Crippen molar-refractivity contribution in [3.05, 3.63) is 43.4 Å². The maximum absolute atomic E-state index is 3.88. The first-order valence-electron chi connectivity index (χ1n) is 8.66. The van der Waals surface area contributed by atoms with E-state index < -0.39 is 0 Å². The highest BCUT2D eigenvalue weighted by Crippen LogP contribution is 2.09. The van der Waals surface area contributed by atoms with E-state index in [1.807, 2.05) is 0 Å². The molecule has 0 heterocycles. The molecule has 0 heteroatoms. The van der Waals surface area contributed by atoms with Crippen LogP contribution < -0.4 is 0 Å². The fourth-order valence-electron chi connectivity index (χ4n) is 2.15. The number of hydrogen-bond donors (Lipinski definition) is 0. The van der Waals surface area contributed by atoms with Crippen molar-refractivity contribution in [2.75, 3.05) is 0 Å². The maximum Gasteiger partial charge on any atom is -0.0169 e.